The molecule has 2 aromatic rings. The minimum atomic E-state index is -0.574. The molecule has 2 heterocycles. The maximum atomic E-state index is 12.3. The van der Waals surface area contributed by atoms with Gasteiger partial charge in [0, 0.05) is 5.56 Å². The molecule has 0 saturated carbocycles. The lowest BCUT2D eigenvalue weighted by atomic mass is 9.81. The topological polar surface area (TPSA) is 73.2 Å². The Bertz CT molecular complexity index is 765. The van der Waals surface area contributed by atoms with Gasteiger partial charge in [0.1, 0.15) is 5.69 Å². The fraction of sp³-hybridized carbons (Fsp3) is 0.421. The molecule has 1 atom stereocenters. The Morgan fingerprint density at radius 3 is 2.60 bits per heavy atom. The number of fused-ring (bicyclic) bond motifs is 1. The molecule has 3 rings (SSSR count). The van der Waals surface area contributed by atoms with Gasteiger partial charge in [0.2, 0.25) is 0 Å². The minimum Gasteiger partial charge on any atom is -0.464 e. The van der Waals surface area contributed by atoms with Crippen molar-refractivity contribution in [2.24, 2.45) is 0 Å². The van der Waals surface area contributed by atoms with Crippen LogP contribution in [0.2, 0.25) is 0 Å². The first-order valence-corrected chi connectivity index (χ1v) is 8.38. The van der Waals surface area contributed by atoms with Gasteiger partial charge >= 0.3 is 5.97 Å². The van der Waals surface area contributed by atoms with E-state index in [0.29, 0.717) is 11.3 Å². The Morgan fingerprint density at radius 2 is 1.96 bits per heavy atom. The lowest BCUT2D eigenvalue weighted by molar-refractivity contribution is 0.0583. The van der Waals surface area contributed by atoms with Crippen LogP contribution in [0.1, 0.15) is 66.6 Å². The first kappa shape index (κ1) is 18.7. The Kier molecular flexibility index (Phi) is 5.62. The number of nitrogens with one attached hydrogen (secondary N) is 1. The third-order valence-corrected chi connectivity index (χ3v) is 3.96. The summed E-state index contributed by atoms with van der Waals surface area (Å²) in [7, 11) is 1.33. The van der Waals surface area contributed by atoms with Crippen LogP contribution in [0.25, 0.3) is 0 Å². The van der Waals surface area contributed by atoms with Crippen LogP contribution < -0.4 is 5.32 Å². The van der Waals surface area contributed by atoms with E-state index in [0.717, 1.165) is 5.56 Å². The van der Waals surface area contributed by atoms with Crippen molar-refractivity contribution in [1.82, 2.24) is 14.9 Å². The third kappa shape index (κ3) is 3.57. The molecule has 1 N–H and O–H groups in total. The lowest BCUT2D eigenvalue weighted by Gasteiger charge is -2.41. The number of carbonyl (C=O) groups excluding carboxylic acids is 2. The fourth-order valence-corrected chi connectivity index (χ4v) is 3.03. The van der Waals surface area contributed by atoms with Gasteiger partial charge in [-0.05, 0) is 25.5 Å². The number of nitrogens with zero attached hydrogens (tertiary/aromatic N) is 2. The molecule has 1 aromatic carbocycles. The number of ether oxygens (including phenoxy) is 1. The van der Waals surface area contributed by atoms with Crippen LogP contribution in [0.15, 0.2) is 36.8 Å². The van der Waals surface area contributed by atoms with E-state index in [1.807, 2.05) is 32.0 Å². The maximum Gasteiger partial charge on any atom is 0.356 e. The molecule has 6 nitrogen and oxygen atoms in total. The van der Waals surface area contributed by atoms with Crippen molar-refractivity contribution in [3.8, 4) is 0 Å². The average molecular weight is 343 g/mol. The number of methoxy groups -OCH3 is 1. The molecule has 1 aliphatic heterocycles. The largest absolute Gasteiger partial charge is 0.464 e. The summed E-state index contributed by atoms with van der Waals surface area (Å²) in [5, 5.41) is 2.99. The van der Waals surface area contributed by atoms with Gasteiger partial charge in [-0.3, -0.25) is 4.79 Å². The molecular formula is C19H25N3O3. The van der Waals surface area contributed by atoms with Gasteiger partial charge in [-0.1, -0.05) is 38.5 Å². The predicted molar refractivity (Wildman–Crippen MR) is 95.7 cm³/mol. The molecule has 134 valence electrons. The average Bonchev–Trinajstić information content (AvgIpc) is 3.03. The molecule has 1 aromatic heterocycles. The molecule has 6 heteroatoms. The van der Waals surface area contributed by atoms with Gasteiger partial charge in [-0.15, -0.1) is 0 Å². The van der Waals surface area contributed by atoms with Crippen molar-refractivity contribution in [2.75, 3.05) is 7.11 Å². The smallest absolute Gasteiger partial charge is 0.356 e. The second-order valence-corrected chi connectivity index (χ2v) is 6.55. The summed E-state index contributed by atoms with van der Waals surface area (Å²) in [6.45, 7) is 8.10. The summed E-state index contributed by atoms with van der Waals surface area (Å²) in [5.74, 6) is -0.570. The van der Waals surface area contributed by atoms with Crippen molar-refractivity contribution >= 4 is 11.9 Å². The van der Waals surface area contributed by atoms with Gasteiger partial charge in [0.15, 0.2) is 0 Å². The summed E-state index contributed by atoms with van der Waals surface area (Å²) in [6, 6.07) is 7.14. The highest BCUT2D eigenvalue weighted by Gasteiger charge is 2.41. The van der Waals surface area contributed by atoms with Crippen molar-refractivity contribution in [3.63, 3.8) is 0 Å². The molecule has 1 unspecified atom stereocenters. The number of rotatable bonds is 2. The quantitative estimate of drug-likeness (QED) is 0.850. The normalized spacial score (nSPS) is 17.6. The Balaban J connectivity index is 0.000000701. The molecule has 0 fully saturated rings. The van der Waals surface area contributed by atoms with Crippen LogP contribution in [0, 0.1) is 0 Å². The van der Waals surface area contributed by atoms with Crippen LogP contribution in [0.5, 0.6) is 0 Å². The van der Waals surface area contributed by atoms with E-state index in [9.17, 15) is 9.59 Å². The molecule has 0 bridgehead atoms. The van der Waals surface area contributed by atoms with Gasteiger partial charge < -0.3 is 14.6 Å². The number of esters is 1. The van der Waals surface area contributed by atoms with E-state index in [2.05, 4.69) is 24.1 Å². The molecular weight excluding hydrogens is 318 g/mol. The summed E-state index contributed by atoms with van der Waals surface area (Å²) in [6.07, 6.45) is 4.31. The van der Waals surface area contributed by atoms with E-state index in [-0.39, 0.29) is 11.9 Å². The van der Waals surface area contributed by atoms with Gasteiger partial charge in [-0.25, -0.2) is 9.78 Å². The van der Waals surface area contributed by atoms with E-state index < -0.39 is 11.5 Å². The summed E-state index contributed by atoms with van der Waals surface area (Å²) in [4.78, 5) is 28.3. The van der Waals surface area contributed by atoms with E-state index in [4.69, 9.17) is 4.74 Å². The highest BCUT2D eigenvalue weighted by atomic mass is 16.5. The van der Waals surface area contributed by atoms with Gasteiger partial charge in [-0.2, -0.15) is 0 Å². The first-order chi connectivity index (χ1) is 11.9. The lowest BCUT2D eigenvalue weighted by Crippen LogP contribution is -2.54. The second kappa shape index (κ2) is 7.51. The highest BCUT2D eigenvalue weighted by molar-refractivity contribution is 5.98. The summed E-state index contributed by atoms with van der Waals surface area (Å²) in [5.41, 5.74) is 1.25. The molecule has 1 amide bonds. The molecule has 25 heavy (non-hydrogen) atoms. The summed E-state index contributed by atoms with van der Waals surface area (Å²) < 4.78 is 6.57. The number of aromatic nitrogens is 2. The Hall–Kier alpha value is -2.63. The molecule has 0 radical (unpaired) electrons. The van der Waals surface area contributed by atoms with Crippen LogP contribution in [0.4, 0.5) is 0 Å². The number of benzene rings is 1. The number of imidazole rings is 1. The maximum absolute atomic E-state index is 12.3. The second-order valence-electron chi connectivity index (χ2n) is 6.55. The van der Waals surface area contributed by atoms with Gasteiger partial charge in [0.25, 0.3) is 5.91 Å². The molecule has 1 aliphatic rings. The van der Waals surface area contributed by atoms with Crippen LogP contribution in [-0.2, 0) is 4.74 Å². The van der Waals surface area contributed by atoms with Crippen molar-refractivity contribution in [3.05, 3.63) is 53.6 Å². The van der Waals surface area contributed by atoms with E-state index in [1.165, 1.54) is 19.7 Å². The third-order valence-electron chi connectivity index (χ3n) is 3.96. The monoisotopic (exact) mass is 343 g/mol. The zero-order chi connectivity index (χ0) is 18.6. The van der Waals surface area contributed by atoms with Crippen molar-refractivity contribution in [1.29, 1.82) is 0 Å². The van der Waals surface area contributed by atoms with E-state index in [1.54, 1.807) is 17.0 Å². The van der Waals surface area contributed by atoms with Crippen molar-refractivity contribution < 1.29 is 14.3 Å². The van der Waals surface area contributed by atoms with Crippen molar-refractivity contribution in [2.45, 2.75) is 45.7 Å². The molecule has 0 spiro atoms. The van der Waals surface area contributed by atoms with E-state index >= 15 is 0 Å². The minimum absolute atomic E-state index is 0.114. The highest BCUT2D eigenvalue weighted by Crippen LogP contribution is 2.36. The number of hydrogen-bond donors (Lipinski definition) is 1. The number of hydrogen-bond acceptors (Lipinski definition) is 4. The predicted octanol–water partition coefficient (Wildman–Crippen LogP) is 3.20. The number of carbonyl (C=O) groups is 2. The Morgan fingerprint density at radius 1 is 1.32 bits per heavy atom. The zero-order valence-corrected chi connectivity index (χ0v) is 15.4. The summed E-state index contributed by atoms with van der Waals surface area (Å²) >= 11 is 0. The van der Waals surface area contributed by atoms with Crippen LogP contribution >= 0.6 is 0 Å². The zero-order valence-electron chi connectivity index (χ0n) is 15.4. The van der Waals surface area contributed by atoms with Crippen LogP contribution in [0.3, 0.4) is 0 Å². The van der Waals surface area contributed by atoms with Crippen LogP contribution in [-0.4, -0.2) is 34.1 Å². The first-order valence-electron chi connectivity index (χ1n) is 8.38. The molecule has 0 saturated heterocycles. The Labute approximate surface area is 148 Å². The number of amides is 1. The fourth-order valence-electron chi connectivity index (χ4n) is 3.03. The van der Waals surface area contributed by atoms with Gasteiger partial charge in [0.05, 0.1) is 31.2 Å². The standard InChI is InChI=1S/C16H17N3O3.C3H8/c1-16(2)13(19-9-17-8-12(19)15(21)22-3)10-6-4-5-7-11(10)14(20)18-16;1-3-2/h4-9,13H,1-3H3,(H,18,20);3H2,1-2H3. The molecule has 0 aliphatic carbocycles. The SMILES string of the molecule is CCC.COC(=O)c1cncn1C1c2ccccc2C(=O)NC1(C)C.